The third-order valence-electron chi connectivity index (χ3n) is 4.44. The molecule has 0 aliphatic carbocycles. The summed E-state index contributed by atoms with van der Waals surface area (Å²) in [6, 6.07) is 10.9. The van der Waals surface area contributed by atoms with Gasteiger partial charge in [-0.1, -0.05) is 11.2 Å². The van der Waals surface area contributed by atoms with E-state index in [4.69, 9.17) is 9.47 Å². The smallest absolute Gasteiger partial charge is 0.230 e. The monoisotopic (exact) mass is 368 g/mol. The summed E-state index contributed by atoms with van der Waals surface area (Å²) in [6.45, 7) is 7.90. The standard InChI is InChI=1S/C20H24N4O3/c1-3-11-23-12-14-24(15-13-23)19(22-25)18-5-4-10-21-20(18)27-17-8-6-16(26-2)7-9-17/h3-10,25H,1,11-15H2,2H3/b22-19-. The average Bonchev–Trinajstić information content (AvgIpc) is 2.72. The molecule has 0 radical (unpaired) electrons. The lowest BCUT2D eigenvalue weighted by Crippen LogP contribution is -2.49. The summed E-state index contributed by atoms with van der Waals surface area (Å²) in [5, 5.41) is 13.2. The van der Waals surface area contributed by atoms with Gasteiger partial charge in [0.05, 0.1) is 12.7 Å². The minimum absolute atomic E-state index is 0.393. The van der Waals surface area contributed by atoms with E-state index in [1.165, 1.54) is 0 Å². The second-order valence-electron chi connectivity index (χ2n) is 6.13. The van der Waals surface area contributed by atoms with Gasteiger partial charge < -0.3 is 19.6 Å². The van der Waals surface area contributed by atoms with Crippen molar-refractivity contribution in [3.63, 3.8) is 0 Å². The second-order valence-corrected chi connectivity index (χ2v) is 6.13. The summed E-state index contributed by atoms with van der Waals surface area (Å²) in [5.74, 6) is 2.23. The summed E-state index contributed by atoms with van der Waals surface area (Å²) < 4.78 is 11.1. The van der Waals surface area contributed by atoms with E-state index >= 15 is 0 Å². The van der Waals surface area contributed by atoms with Crippen LogP contribution in [0, 0.1) is 0 Å². The zero-order valence-electron chi connectivity index (χ0n) is 15.4. The predicted octanol–water partition coefficient (Wildman–Crippen LogP) is 2.82. The number of hydrogen-bond donors (Lipinski definition) is 1. The average molecular weight is 368 g/mol. The molecule has 3 rings (SSSR count). The molecule has 7 heteroatoms. The van der Waals surface area contributed by atoms with E-state index in [1.807, 2.05) is 29.2 Å². The largest absolute Gasteiger partial charge is 0.497 e. The van der Waals surface area contributed by atoms with Gasteiger partial charge in [-0.3, -0.25) is 4.90 Å². The van der Waals surface area contributed by atoms with E-state index in [2.05, 4.69) is 21.6 Å². The number of hydrogen-bond acceptors (Lipinski definition) is 6. The molecule has 0 amide bonds. The molecule has 2 heterocycles. The summed E-state index contributed by atoms with van der Waals surface area (Å²) in [7, 11) is 1.62. The molecule has 1 aromatic carbocycles. The van der Waals surface area contributed by atoms with Crippen LogP contribution in [0.3, 0.4) is 0 Å². The SMILES string of the molecule is C=CCN1CCN(/C(=N\O)c2cccnc2Oc2ccc(OC)cc2)CC1. The Balaban J connectivity index is 1.78. The molecule has 1 aliphatic rings. The van der Waals surface area contributed by atoms with E-state index in [-0.39, 0.29) is 0 Å². The first-order chi connectivity index (χ1) is 13.2. The van der Waals surface area contributed by atoms with Crippen molar-refractivity contribution in [2.75, 3.05) is 39.8 Å². The lowest BCUT2D eigenvalue weighted by molar-refractivity contribution is 0.192. The molecule has 0 spiro atoms. The van der Waals surface area contributed by atoms with Crippen molar-refractivity contribution in [2.24, 2.45) is 5.16 Å². The van der Waals surface area contributed by atoms with E-state index < -0.39 is 0 Å². The van der Waals surface area contributed by atoms with Crippen molar-refractivity contribution in [2.45, 2.75) is 0 Å². The summed E-state index contributed by atoms with van der Waals surface area (Å²) in [5.41, 5.74) is 0.646. The van der Waals surface area contributed by atoms with Crippen LogP contribution in [0.25, 0.3) is 0 Å². The van der Waals surface area contributed by atoms with Crippen LogP contribution < -0.4 is 9.47 Å². The van der Waals surface area contributed by atoms with Gasteiger partial charge in [-0.2, -0.15) is 0 Å². The van der Waals surface area contributed by atoms with Crippen molar-refractivity contribution in [3.05, 3.63) is 60.8 Å². The first-order valence-corrected chi connectivity index (χ1v) is 8.82. The Labute approximate surface area is 159 Å². The predicted molar refractivity (Wildman–Crippen MR) is 104 cm³/mol. The van der Waals surface area contributed by atoms with E-state index in [0.717, 1.165) is 38.5 Å². The Hall–Kier alpha value is -3.06. The fraction of sp³-hybridized carbons (Fsp3) is 0.300. The molecule has 1 aliphatic heterocycles. The van der Waals surface area contributed by atoms with E-state index in [9.17, 15) is 5.21 Å². The number of benzene rings is 1. The number of aromatic nitrogens is 1. The molecule has 1 fully saturated rings. The number of methoxy groups -OCH3 is 1. The Morgan fingerprint density at radius 3 is 2.52 bits per heavy atom. The third-order valence-corrected chi connectivity index (χ3v) is 4.44. The maximum atomic E-state index is 9.68. The van der Waals surface area contributed by atoms with Gasteiger partial charge in [0.15, 0.2) is 5.84 Å². The van der Waals surface area contributed by atoms with Crippen LogP contribution in [0.5, 0.6) is 17.4 Å². The molecule has 27 heavy (non-hydrogen) atoms. The molecule has 1 aromatic heterocycles. The molecule has 1 N–H and O–H groups in total. The maximum Gasteiger partial charge on any atom is 0.230 e. The molecule has 7 nitrogen and oxygen atoms in total. The van der Waals surface area contributed by atoms with Gasteiger partial charge in [0, 0.05) is 38.9 Å². The number of amidine groups is 1. The highest BCUT2D eigenvalue weighted by molar-refractivity contribution is 6.00. The van der Waals surface area contributed by atoms with Crippen molar-refractivity contribution in [3.8, 4) is 17.4 Å². The van der Waals surface area contributed by atoms with Crippen molar-refractivity contribution in [1.29, 1.82) is 0 Å². The number of nitrogens with zero attached hydrogens (tertiary/aromatic N) is 4. The Kier molecular flexibility index (Phi) is 6.27. The normalized spacial score (nSPS) is 15.4. The van der Waals surface area contributed by atoms with Crippen molar-refractivity contribution >= 4 is 5.84 Å². The van der Waals surface area contributed by atoms with E-state index in [0.29, 0.717) is 23.0 Å². The minimum Gasteiger partial charge on any atom is -0.497 e. The van der Waals surface area contributed by atoms with Crippen molar-refractivity contribution < 1.29 is 14.7 Å². The highest BCUT2D eigenvalue weighted by Gasteiger charge is 2.23. The molecule has 2 aromatic rings. The molecule has 0 unspecified atom stereocenters. The van der Waals surface area contributed by atoms with Gasteiger partial charge in [0.1, 0.15) is 11.5 Å². The number of ether oxygens (including phenoxy) is 2. The van der Waals surface area contributed by atoms with Gasteiger partial charge in [-0.25, -0.2) is 4.98 Å². The Morgan fingerprint density at radius 1 is 1.19 bits per heavy atom. The van der Waals surface area contributed by atoms with Crippen LogP contribution in [0.15, 0.2) is 60.4 Å². The van der Waals surface area contributed by atoms with Gasteiger partial charge >= 0.3 is 0 Å². The number of rotatable bonds is 6. The van der Waals surface area contributed by atoms with Crippen LogP contribution in [-0.2, 0) is 0 Å². The van der Waals surface area contributed by atoms with Crippen LogP contribution >= 0.6 is 0 Å². The fourth-order valence-electron chi connectivity index (χ4n) is 3.01. The third kappa shape index (κ3) is 4.57. The quantitative estimate of drug-likeness (QED) is 0.278. The highest BCUT2D eigenvalue weighted by atomic mass is 16.5. The highest BCUT2D eigenvalue weighted by Crippen LogP contribution is 2.26. The number of pyridine rings is 1. The lowest BCUT2D eigenvalue weighted by Gasteiger charge is -2.35. The van der Waals surface area contributed by atoms with Gasteiger partial charge in [0.25, 0.3) is 0 Å². The van der Waals surface area contributed by atoms with E-state index in [1.54, 1.807) is 31.5 Å². The van der Waals surface area contributed by atoms with Crippen molar-refractivity contribution in [1.82, 2.24) is 14.8 Å². The van der Waals surface area contributed by atoms with Crippen LogP contribution in [0.4, 0.5) is 0 Å². The zero-order chi connectivity index (χ0) is 19.1. The first kappa shape index (κ1) is 18.7. The minimum atomic E-state index is 0.393. The van der Waals surface area contributed by atoms with Crippen LogP contribution in [0.1, 0.15) is 5.56 Å². The number of piperazine rings is 1. The molecular formula is C20H24N4O3. The van der Waals surface area contributed by atoms with Gasteiger partial charge in [-0.15, -0.1) is 6.58 Å². The Morgan fingerprint density at radius 2 is 1.89 bits per heavy atom. The second kappa shape index (κ2) is 9.05. The van der Waals surface area contributed by atoms with Crippen LogP contribution in [-0.4, -0.2) is 65.7 Å². The zero-order valence-corrected chi connectivity index (χ0v) is 15.4. The Bertz CT molecular complexity index is 784. The molecule has 142 valence electrons. The lowest BCUT2D eigenvalue weighted by atomic mass is 10.2. The topological polar surface area (TPSA) is 70.4 Å². The fourth-order valence-corrected chi connectivity index (χ4v) is 3.01. The molecule has 0 bridgehead atoms. The summed E-state index contributed by atoms with van der Waals surface area (Å²) in [4.78, 5) is 8.67. The maximum absolute atomic E-state index is 9.68. The first-order valence-electron chi connectivity index (χ1n) is 8.82. The van der Waals surface area contributed by atoms with Gasteiger partial charge in [0.2, 0.25) is 5.88 Å². The summed E-state index contributed by atoms with van der Waals surface area (Å²) >= 11 is 0. The summed E-state index contributed by atoms with van der Waals surface area (Å²) in [6.07, 6.45) is 3.55. The molecule has 0 atom stereocenters. The molecule has 1 saturated heterocycles. The van der Waals surface area contributed by atoms with Crippen LogP contribution in [0.2, 0.25) is 0 Å². The molecular weight excluding hydrogens is 344 g/mol. The van der Waals surface area contributed by atoms with Gasteiger partial charge in [-0.05, 0) is 36.4 Å². The number of oxime groups is 1. The molecule has 0 saturated carbocycles.